The molecule has 0 aromatic heterocycles. The molecule has 1 saturated heterocycles. The Morgan fingerprint density at radius 1 is 1.33 bits per heavy atom. The van der Waals surface area contributed by atoms with E-state index < -0.39 is 0 Å². The lowest BCUT2D eigenvalue weighted by molar-refractivity contribution is -0.140. The van der Waals surface area contributed by atoms with E-state index in [4.69, 9.17) is 4.74 Å². The molecule has 1 aliphatic rings. The van der Waals surface area contributed by atoms with Gasteiger partial charge in [0.25, 0.3) is 0 Å². The average Bonchev–Trinajstić information content (AvgIpc) is 2.61. The first-order valence-electron chi connectivity index (χ1n) is 8.34. The van der Waals surface area contributed by atoms with E-state index in [1.165, 1.54) is 0 Å². The van der Waals surface area contributed by atoms with Gasteiger partial charge in [0, 0.05) is 44.6 Å². The lowest BCUT2D eigenvalue weighted by Gasteiger charge is -2.33. The number of rotatable bonds is 6. The Morgan fingerprint density at radius 2 is 2.00 bits per heavy atom. The quantitative estimate of drug-likeness (QED) is 0.753. The second-order valence-electron chi connectivity index (χ2n) is 6.10. The van der Waals surface area contributed by atoms with E-state index in [1.54, 1.807) is 20.1 Å². The van der Waals surface area contributed by atoms with Gasteiger partial charge in [0.05, 0.1) is 7.11 Å². The van der Waals surface area contributed by atoms with Crippen LogP contribution >= 0.6 is 0 Å². The molecule has 1 aromatic carbocycles. The zero-order valence-electron chi connectivity index (χ0n) is 14.5. The van der Waals surface area contributed by atoms with Gasteiger partial charge in [0.15, 0.2) is 0 Å². The number of amides is 2. The molecule has 5 heteroatoms. The normalized spacial score (nSPS) is 15.0. The van der Waals surface area contributed by atoms with Crippen molar-refractivity contribution in [2.75, 3.05) is 26.7 Å². The van der Waals surface area contributed by atoms with Gasteiger partial charge in [0.2, 0.25) is 11.8 Å². The Bertz CT molecular complexity index is 592. The lowest BCUT2D eigenvalue weighted by atomic mass is 9.95. The van der Waals surface area contributed by atoms with Crippen molar-refractivity contribution >= 4 is 11.8 Å². The summed E-state index contributed by atoms with van der Waals surface area (Å²) in [6.07, 6.45) is 3.19. The Kier molecular flexibility index (Phi) is 6.41. The molecule has 0 unspecified atom stereocenters. The van der Waals surface area contributed by atoms with Crippen molar-refractivity contribution < 1.29 is 14.3 Å². The van der Waals surface area contributed by atoms with Crippen LogP contribution < -0.4 is 4.74 Å². The summed E-state index contributed by atoms with van der Waals surface area (Å²) < 4.78 is 5.38. The third kappa shape index (κ3) is 4.37. The summed E-state index contributed by atoms with van der Waals surface area (Å²) >= 11 is 0. The number of carbonyl (C=O) groups is 2. The van der Waals surface area contributed by atoms with Crippen molar-refractivity contribution in [1.82, 2.24) is 9.80 Å². The molecule has 2 amide bonds. The molecule has 5 nitrogen and oxygen atoms in total. The van der Waals surface area contributed by atoms with Crippen LogP contribution in [0.3, 0.4) is 0 Å². The van der Waals surface area contributed by atoms with Crippen LogP contribution in [0.1, 0.15) is 25.3 Å². The average molecular weight is 330 g/mol. The molecule has 1 heterocycles. The number of nitrogens with zero attached hydrogens (tertiary/aromatic N) is 2. The Balaban J connectivity index is 2.05. The predicted octanol–water partition coefficient (Wildman–Crippen LogP) is 2.47. The van der Waals surface area contributed by atoms with Crippen molar-refractivity contribution in [3.8, 4) is 5.75 Å². The third-order valence-corrected chi connectivity index (χ3v) is 4.50. The zero-order chi connectivity index (χ0) is 17.5. The van der Waals surface area contributed by atoms with Gasteiger partial charge in [-0.25, -0.2) is 0 Å². The Morgan fingerprint density at radius 3 is 2.58 bits per heavy atom. The van der Waals surface area contributed by atoms with E-state index in [1.807, 2.05) is 34.1 Å². The van der Waals surface area contributed by atoms with Crippen LogP contribution in [0.4, 0.5) is 0 Å². The van der Waals surface area contributed by atoms with Gasteiger partial charge in [-0.15, -0.1) is 6.58 Å². The second-order valence-corrected chi connectivity index (χ2v) is 6.10. The molecule has 2 rings (SSSR count). The molecule has 0 atom stereocenters. The molecule has 1 aromatic rings. The highest BCUT2D eigenvalue weighted by Crippen LogP contribution is 2.23. The molecule has 1 fully saturated rings. The van der Waals surface area contributed by atoms with Gasteiger partial charge in [-0.3, -0.25) is 9.59 Å². The van der Waals surface area contributed by atoms with E-state index in [2.05, 4.69) is 6.58 Å². The Labute approximate surface area is 143 Å². The number of piperidine rings is 1. The van der Waals surface area contributed by atoms with Gasteiger partial charge in [-0.05, 0) is 18.9 Å². The highest BCUT2D eigenvalue weighted by Gasteiger charge is 2.29. The molecule has 0 spiro atoms. The summed E-state index contributed by atoms with van der Waals surface area (Å²) in [6.45, 7) is 7.66. The minimum Gasteiger partial charge on any atom is -0.496 e. The number of para-hydroxylation sites is 1. The molecule has 0 aliphatic carbocycles. The number of carbonyl (C=O) groups excluding carboxylic acids is 2. The Hall–Kier alpha value is -2.30. The fraction of sp³-hybridized carbons (Fsp3) is 0.474. The molecule has 1 aliphatic heterocycles. The maximum absolute atomic E-state index is 12.9. The van der Waals surface area contributed by atoms with Gasteiger partial charge < -0.3 is 14.5 Å². The maximum Gasteiger partial charge on any atom is 0.226 e. The number of methoxy groups -OCH3 is 1. The van der Waals surface area contributed by atoms with Crippen molar-refractivity contribution in [3.05, 3.63) is 42.5 Å². The van der Waals surface area contributed by atoms with E-state index in [-0.39, 0.29) is 17.7 Å². The minimum atomic E-state index is -0.0322. The van der Waals surface area contributed by atoms with Crippen LogP contribution in [0.25, 0.3) is 0 Å². The fourth-order valence-corrected chi connectivity index (χ4v) is 3.13. The van der Waals surface area contributed by atoms with E-state index in [9.17, 15) is 9.59 Å². The number of benzene rings is 1. The van der Waals surface area contributed by atoms with Gasteiger partial charge >= 0.3 is 0 Å². The summed E-state index contributed by atoms with van der Waals surface area (Å²) in [6, 6.07) is 7.73. The first-order chi connectivity index (χ1) is 11.6. The van der Waals surface area contributed by atoms with Crippen molar-refractivity contribution in [2.24, 2.45) is 5.92 Å². The molecule has 130 valence electrons. The highest BCUT2D eigenvalue weighted by atomic mass is 16.5. The fourth-order valence-electron chi connectivity index (χ4n) is 3.13. The smallest absolute Gasteiger partial charge is 0.226 e. The zero-order valence-corrected chi connectivity index (χ0v) is 14.5. The van der Waals surface area contributed by atoms with E-state index in [0.717, 1.165) is 24.2 Å². The van der Waals surface area contributed by atoms with Crippen molar-refractivity contribution in [2.45, 2.75) is 26.3 Å². The van der Waals surface area contributed by atoms with Crippen LogP contribution in [0.5, 0.6) is 5.75 Å². The standard InChI is InChI=1S/C19H26N2O3/c1-4-11-21(14-17-7-5-6-8-18(17)24-3)19(23)16-9-12-20(13-10-16)15(2)22/h4-8,16H,1,9-14H2,2-3H3. The summed E-state index contributed by atoms with van der Waals surface area (Å²) in [4.78, 5) is 28.0. The summed E-state index contributed by atoms with van der Waals surface area (Å²) in [7, 11) is 1.63. The largest absolute Gasteiger partial charge is 0.496 e. The van der Waals surface area contributed by atoms with Crippen LogP contribution in [0.15, 0.2) is 36.9 Å². The maximum atomic E-state index is 12.9. The molecular weight excluding hydrogens is 304 g/mol. The summed E-state index contributed by atoms with van der Waals surface area (Å²) in [5.74, 6) is 0.961. The van der Waals surface area contributed by atoms with Gasteiger partial charge in [-0.2, -0.15) is 0 Å². The third-order valence-electron chi connectivity index (χ3n) is 4.50. The summed E-state index contributed by atoms with van der Waals surface area (Å²) in [5, 5.41) is 0. The molecule has 24 heavy (non-hydrogen) atoms. The highest BCUT2D eigenvalue weighted by molar-refractivity contribution is 5.80. The molecule has 0 radical (unpaired) electrons. The molecule has 0 N–H and O–H groups in total. The molecule has 0 saturated carbocycles. The second kappa shape index (κ2) is 8.52. The topological polar surface area (TPSA) is 49.9 Å². The van der Waals surface area contributed by atoms with Crippen LogP contribution in [-0.2, 0) is 16.1 Å². The number of likely N-dealkylation sites (tertiary alicyclic amines) is 1. The monoisotopic (exact) mass is 330 g/mol. The van der Waals surface area contributed by atoms with Crippen molar-refractivity contribution in [1.29, 1.82) is 0 Å². The molecule has 0 bridgehead atoms. The number of hydrogen-bond donors (Lipinski definition) is 0. The number of ether oxygens (including phenoxy) is 1. The van der Waals surface area contributed by atoms with Crippen LogP contribution in [0, 0.1) is 5.92 Å². The first kappa shape index (κ1) is 18.0. The van der Waals surface area contributed by atoms with E-state index >= 15 is 0 Å². The summed E-state index contributed by atoms with van der Waals surface area (Å²) in [5.41, 5.74) is 0.983. The SMILES string of the molecule is C=CCN(Cc1ccccc1OC)C(=O)C1CCN(C(C)=O)CC1. The molecular formula is C19H26N2O3. The van der Waals surface area contributed by atoms with Crippen LogP contribution in [0.2, 0.25) is 0 Å². The van der Waals surface area contributed by atoms with Crippen molar-refractivity contribution in [3.63, 3.8) is 0 Å². The predicted molar refractivity (Wildman–Crippen MR) is 93.6 cm³/mol. The van der Waals surface area contributed by atoms with E-state index in [0.29, 0.717) is 26.2 Å². The minimum absolute atomic E-state index is 0.0322. The first-order valence-corrected chi connectivity index (χ1v) is 8.34. The lowest BCUT2D eigenvalue weighted by Crippen LogP contribution is -2.43. The number of hydrogen-bond acceptors (Lipinski definition) is 3. The van der Waals surface area contributed by atoms with Gasteiger partial charge in [-0.1, -0.05) is 24.3 Å². The van der Waals surface area contributed by atoms with Gasteiger partial charge in [0.1, 0.15) is 5.75 Å². The van der Waals surface area contributed by atoms with Crippen LogP contribution in [-0.4, -0.2) is 48.4 Å².